The van der Waals surface area contributed by atoms with Crippen LogP contribution < -0.4 is 19.1 Å². The molecule has 2 atom stereocenters. The summed E-state index contributed by atoms with van der Waals surface area (Å²) in [7, 11) is 0. The molecule has 0 unspecified atom stereocenters. The Hall–Kier alpha value is -3.04. The van der Waals surface area contributed by atoms with Gasteiger partial charge in [0.15, 0.2) is 6.61 Å². The van der Waals surface area contributed by atoms with Crippen molar-refractivity contribution in [2.45, 2.75) is 51.6 Å². The maximum Gasteiger partial charge on any atom is 0.272 e. The molecule has 34 heavy (non-hydrogen) atoms. The second-order valence-corrected chi connectivity index (χ2v) is 8.22. The molecular weight excluding hydrogens is 456 g/mol. The molecule has 3 rings (SSSR count). The lowest BCUT2D eigenvalue weighted by Gasteiger charge is -2.23. The fraction of sp³-hybridized carbons (Fsp3) is 0.500. The topological polar surface area (TPSA) is 60.9 Å². The number of aromatic nitrogens is 1. The van der Waals surface area contributed by atoms with Crippen molar-refractivity contribution in [1.82, 2.24) is 4.98 Å². The zero-order chi connectivity index (χ0) is 24.7. The first-order valence-corrected chi connectivity index (χ1v) is 11.0. The van der Waals surface area contributed by atoms with Crippen LogP contribution in [0.25, 0.3) is 0 Å². The van der Waals surface area contributed by atoms with Crippen LogP contribution in [-0.4, -0.2) is 56.0 Å². The third-order valence-electron chi connectivity index (χ3n) is 5.38. The van der Waals surface area contributed by atoms with Crippen molar-refractivity contribution in [3.05, 3.63) is 42.1 Å². The number of ketones is 1. The minimum atomic E-state index is -2.74. The number of hydrogen-bond donors (Lipinski definition) is 0. The summed E-state index contributed by atoms with van der Waals surface area (Å²) in [6, 6.07) is 9.15. The molecule has 0 aliphatic carbocycles. The number of ether oxygens (including phenoxy) is 3. The van der Waals surface area contributed by atoms with Gasteiger partial charge in [-0.05, 0) is 36.6 Å². The first-order valence-electron chi connectivity index (χ1n) is 11.0. The van der Waals surface area contributed by atoms with Gasteiger partial charge in [-0.1, -0.05) is 19.1 Å². The fourth-order valence-electron chi connectivity index (χ4n) is 3.85. The van der Waals surface area contributed by atoms with E-state index in [1.54, 1.807) is 13.0 Å². The van der Waals surface area contributed by atoms with Crippen molar-refractivity contribution in [3.63, 3.8) is 0 Å². The summed E-state index contributed by atoms with van der Waals surface area (Å²) in [4.78, 5) is 17.1. The summed E-state index contributed by atoms with van der Waals surface area (Å²) in [5.41, 5.74) is 1.48. The van der Waals surface area contributed by atoms with Gasteiger partial charge in [-0.15, -0.1) is 0 Å². The van der Waals surface area contributed by atoms with Gasteiger partial charge < -0.3 is 23.9 Å². The Morgan fingerprint density at radius 2 is 1.76 bits per heavy atom. The molecule has 0 saturated carbocycles. The van der Waals surface area contributed by atoms with Gasteiger partial charge in [0, 0.05) is 25.6 Å². The number of rotatable bonds is 12. The Morgan fingerprint density at radius 1 is 1.09 bits per heavy atom. The van der Waals surface area contributed by atoms with Crippen LogP contribution in [0.3, 0.4) is 0 Å². The van der Waals surface area contributed by atoms with Crippen molar-refractivity contribution in [2.75, 3.05) is 31.2 Å². The van der Waals surface area contributed by atoms with Gasteiger partial charge in [0.2, 0.25) is 5.75 Å². The molecule has 1 aliphatic heterocycles. The highest BCUT2D eigenvalue weighted by molar-refractivity contribution is 5.76. The summed E-state index contributed by atoms with van der Waals surface area (Å²) in [6.45, 7) is 2.71. The van der Waals surface area contributed by atoms with Crippen molar-refractivity contribution in [2.24, 2.45) is 0 Å². The number of Topliss-reactive ketones (excluding diaryl/α,β-unsaturated/α-hetero) is 1. The lowest BCUT2D eigenvalue weighted by Crippen LogP contribution is -2.25. The minimum absolute atomic E-state index is 0.0899. The standard InChI is InChI=1S/C24H28F4N2O4/c1-15(11-16(2)31)17-3-5-18(6-4-17)34-19-8-10-30(12-19)20-7-9-29-24(33-14-22(27)28)23(20)32-13-21(25)26/h3-7,9,15,19,21-22H,8,10-14H2,1-2H3/t15-,19-/m1/s1. The Morgan fingerprint density at radius 3 is 2.41 bits per heavy atom. The third-order valence-corrected chi connectivity index (χ3v) is 5.38. The lowest BCUT2D eigenvalue weighted by molar-refractivity contribution is -0.117. The van der Waals surface area contributed by atoms with E-state index in [0.717, 1.165) is 5.56 Å². The fourth-order valence-corrected chi connectivity index (χ4v) is 3.85. The maximum absolute atomic E-state index is 12.8. The van der Waals surface area contributed by atoms with E-state index in [0.29, 0.717) is 37.4 Å². The quantitative estimate of drug-likeness (QED) is 0.390. The highest BCUT2D eigenvalue weighted by atomic mass is 19.3. The molecule has 10 heteroatoms. The molecule has 1 aliphatic rings. The van der Waals surface area contributed by atoms with E-state index in [1.807, 2.05) is 36.1 Å². The first kappa shape index (κ1) is 25.6. The normalized spacial score (nSPS) is 16.7. The molecule has 1 aromatic heterocycles. The van der Waals surface area contributed by atoms with Crippen molar-refractivity contribution in [3.8, 4) is 17.4 Å². The largest absolute Gasteiger partial charge is 0.489 e. The van der Waals surface area contributed by atoms with Crippen LogP contribution in [0.2, 0.25) is 0 Å². The zero-order valence-corrected chi connectivity index (χ0v) is 19.1. The van der Waals surface area contributed by atoms with Gasteiger partial charge in [-0.2, -0.15) is 0 Å². The smallest absolute Gasteiger partial charge is 0.272 e. The molecular formula is C24H28F4N2O4. The molecule has 0 amide bonds. The van der Waals surface area contributed by atoms with Gasteiger partial charge in [-0.3, -0.25) is 0 Å². The summed E-state index contributed by atoms with van der Waals surface area (Å²) < 4.78 is 67.0. The highest BCUT2D eigenvalue weighted by Crippen LogP contribution is 2.38. The molecule has 0 N–H and O–H groups in total. The SMILES string of the molecule is CC(=O)C[C@@H](C)c1ccc(O[C@@H]2CCN(c3ccnc(OCC(F)F)c3OCC(F)F)C2)cc1. The van der Waals surface area contributed by atoms with Crippen molar-refractivity contribution in [1.29, 1.82) is 0 Å². The van der Waals surface area contributed by atoms with Crippen molar-refractivity contribution < 1.29 is 36.6 Å². The third kappa shape index (κ3) is 7.23. The van der Waals surface area contributed by atoms with Gasteiger partial charge in [0.25, 0.3) is 18.7 Å². The summed E-state index contributed by atoms with van der Waals surface area (Å²) in [5, 5.41) is 0. The number of halogens is 4. The molecule has 0 radical (unpaired) electrons. The monoisotopic (exact) mass is 484 g/mol. The summed E-state index contributed by atoms with van der Waals surface area (Å²) >= 11 is 0. The number of anilines is 1. The number of hydrogen-bond acceptors (Lipinski definition) is 6. The number of carbonyl (C=O) groups excluding carboxylic acids is 1. The minimum Gasteiger partial charge on any atom is -0.489 e. The van der Waals surface area contributed by atoms with Crippen LogP contribution in [0.1, 0.15) is 38.2 Å². The van der Waals surface area contributed by atoms with Crippen LogP contribution in [0.15, 0.2) is 36.5 Å². The number of carbonyl (C=O) groups is 1. The average molecular weight is 484 g/mol. The van der Waals surface area contributed by atoms with Crippen LogP contribution in [-0.2, 0) is 4.79 Å². The Kier molecular flexibility index (Phi) is 8.95. The molecule has 2 aromatic rings. The maximum atomic E-state index is 12.8. The average Bonchev–Trinajstić information content (AvgIpc) is 3.24. The van der Waals surface area contributed by atoms with Gasteiger partial charge >= 0.3 is 0 Å². The number of pyridine rings is 1. The van der Waals surface area contributed by atoms with Crippen LogP contribution in [0, 0.1) is 0 Å². The number of alkyl halides is 4. The summed E-state index contributed by atoms with van der Waals surface area (Å²) in [5.74, 6) is 0.587. The van der Waals surface area contributed by atoms with Gasteiger partial charge in [-0.25, -0.2) is 22.5 Å². The van der Waals surface area contributed by atoms with E-state index >= 15 is 0 Å². The number of nitrogens with zero attached hydrogens (tertiary/aromatic N) is 2. The van der Waals surface area contributed by atoms with Gasteiger partial charge in [0.1, 0.15) is 24.2 Å². The first-order chi connectivity index (χ1) is 16.2. The predicted molar refractivity (Wildman–Crippen MR) is 119 cm³/mol. The Labute approximate surface area is 195 Å². The van der Waals surface area contributed by atoms with E-state index in [2.05, 4.69) is 4.98 Å². The molecule has 0 bridgehead atoms. The molecule has 1 saturated heterocycles. The van der Waals surface area contributed by atoms with Crippen LogP contribution in [0.5, 0.6) is 17.4 Å². The summed E-state index contributed by atoms with van der Waals surface area (Å²) in [6.07, 6.45) is -3.17. The molecule has 6 nitrogen and oxygen atoms in total. The molecule has 186 valence electrons. The van der Waals surface area contributed by atoms with Crippen LogP contribution >= 0.6 is 0 Å². The van der Waals surface area contributed by atoms with E-state index in [1.165, 1.54) is 6.20 Å². The van der Waals surface area contributed by atoms with E-state index in [4.69, 9.17) is 14.2 Å². The van der Waals surface area contributed by atoms with Crippen LogP contribution in [0.4, 0.5) is 23.2 Å². The Balaban J connectivity index is 1.68. The number of benzene rings is 1. The van der Waals surface area contributed by atoms with E-state index in [-0.39, 0.29) is 29.4 Å². The van der Waals surface area contributed by atoms with E-state index in [9.17, 15) is 22.4 Å². The lowest BCUT2D eigenvalue weighted by atomic mass is 9.96. The van der Waals surface area contributed by atoms with Crippen molar-refractivity contribution >= 4 is 11.5 Å². The highest BCUT2D eigenvalue weighted by Gasteiger charge is 2.28. The molecule has 2 heterocycles. The molecule has 1 aromatic carbocycles. The molecule has 0 spiro atoms. The van der Waals surface area contributed by atoms with Gasteiger partial charge in [0.05, 0.1) is 12.2 Å². The zero-order valence-electron chi connectivity index (χ0n) is 19.1. The Bertz CT molecular complexity index is 943. The second kappa shape index (κ2) is 11.9. The van der Waals surface area contributed by atoms with E-state index < -0.39 is 26.1 Å². The second-order valence-electron chi connectivity index (χ2n) is 8.22. The predicted octanol–water partition coefficient (Wildman–Crippen LogP) is 5.11. The molecule has 1 fully saturated rings.